The van der Waals surface area contributed by atoms with Gasteiger partial charge >= 0.3 is 16.8 Å². The van der Waals surface area contributed by atoms with Gasteiger partial charge in [0.25, 0.3) is 0 Å². The summed E-state index contributed by atoms with van der Waals surface area (Å²) in [7, 11) is 0. The summed E-state index contributed by atoms with van der Waals surface area (Å²) >= 11 is 0. The summed E-state index contributed by atoms with van der Waals surface area (Å²) in [5.41, 5.74) is 0. The minimum absolute atomic E-state index is 0. The molecule has 17 heteroatoms. The second-order valence-electron chi connectivity index (χ2n) is 0.671. The fraction of sp³-hybridized carbons (Fsp3) is 0. The molecule has 0 aliphatic rings. The van der Waals surface area contributed by atoms with E-state index < -0.39 is 15.3 Å². The summed E-state index contributed by atoms with van der Waals surface area (Å²) in [4.78, 5) is 24.8. The van der Waals surface area contributed by atoms with E-state index in [4.69, 9.17) is 46.0 Å². The SMILES string of the molecule is N.N.N.N.O=[N+]([O-])[O-].O=[N+]([O-])[O-].O=[N+]([O-])[O-].[Co+3]. The maximum atomic E-state index is 8.25. The van der Waals surface area contributed by atoms with Crippen LogP contribution >= 0.6 is 0 Å². The van der Waals surface area contributed by atoms with Crippen molar-refractivity contribution in [2.45, 2.75) is 0 Å². The Kier molecular flexibility index (Phi) is 172. The zero-order valence-electron chi connectivity index (χ0n) is 8.18. The first-order valence-corrected chi connectivity index (χ1v) is 1.64. The molecular weight excluding hydrogens is 301 g/mol. The van der Waals surface area contributed by atoms with Crippen molar-refractivity contribution in [3.8, 4) is 0 Å². The summed E-state index contributed by atoms with van der Waals surface area (Å²) in [6, 6.07) is 0. The van der Waals surface area contributed by atoms with Gasteiger partial charge in [-0.2, -0.15) is 0 Å². The molecule has 0 spiro atoms. The van der Waals surface area contributed by atoms with Crippen LogP contribution in [0.25, 0.3) is 0 Å². The second kappa shape index (κ2) is 48.4. The summed E-state index contributed by atoms with van der Waals surface area (Å²) in [5, 5.41) is 44.2. The van der Waals surface area contributed by atoms with Crippen LogP contribution in [-0.4, -0.2) is 15.3 Å². The summed E-state index contributed by atoms with van der Waals surface area (Å²) in [6.45, 7) is 0. The maximum Gasteiger partial charge on any atom is 3.00 e. The van der Waals surface area contributed by atoms with E-state index in [2.05, 4.69) is 0 Å². The van der Waals surface area contributed by atoms with Gasteiger partial charge in [0.2, 0.25) is 0 Å². The van der Waals surface area contributed by atoms with Crippen LogP contribution < -0.4 is 24.6 Å². The first-order valence-electron chi connectivity index (χ1n) is 1.64. The van der Waals surface area contributed by atoms with Gasteiger partial charge < -0.3 is 70.6 Å². The van der Waals surface area contributed by atoms with Crippen LogP contribution in [0, 0.1) is 46.0 Å². The molecule has 0 saturated carbocycles. The van der Waals surface area contributed by atoms with Crippen molar-refractivity contribution in [1.82, 2.24) is 24.6 Å². The predicted octanol–water partition coefficient (Wildman–Crippen LogP) is -0.0718. The molecule has 0 aromatic heterocycles. The van der Waals surface area contributed by atoms with Crippen LogP contribution in [0.4, 0.5) is 0 Å². The minimum atomic E-state index is -1.75. The minimum Gasteiger partial charge on any atom is -0.356 e. The van der Waals surface area contributed by atoms with Gasteiger partial charge in [-0.25, -0.2) is 0 Å². The molecule has 0 aliphatic heterocycles. The van der Waals surface area contributed by atoms with Crippen LogP contribution in [0.15, 0.2) is 0 Å². The van der Waals surface area contributed by atoms with Gasteiger partial charge in [0.05, 0.1) is 15.3 Å². The largest absolute Gasteiger partial charge is 3.00 e. The first-order chi connectivity index (χ1) is 5.20. The number of nitrogens with zero attached hydrogens (tertiary/aromatic N) is 3. The summed E-state index contributed by atoms with van der Waals surface area (Å²) in [6.07, 6.45) is 0. The molecule has 0 atom stereocenters. The Balaban J connectivity index is -0.0000000104. The molecule has 0 rings (SSSR count). The Bertz CT molecular complexity index is 119. The average Bonchev–Trinajstić information content (AvgIpc) is 1.54. The molecule has 0 bridgehead atoms. The number of hydrogen-bond acceptors (Lipinski definition) is 13. The molecule has 110 valence electrons. The van der Waals surface area contributed by atoms with Crippen LogP contribution in [0.3, 0.4) is 0 Å². The van der Waals surface area contributed by atoms with E-state index in [1.807, 2.05) is 0 Å². The standard InChI is InChI=1S/Co.3NO3.4H3N/c;3*2-1(3)4;;;;/h;;;;4*1H3/q+3;3*-1;;;;. The van der Waals surface area contributed by atoms with Gasteiger partial charge in [-0.3, -0.25) is 0 Å². The summed E-state index contributed by atoms with van der Waals surface area (Å²) in [5.74, 6) is 0. The van der Waals surface area contributed by atoms with Crippen molar-refractivity contribution in [3.63, 3.8) is 0 Å². The average molecular weight is 313 g/mol. The van der Waals surface area contributed by atoms with Gasteiger partial charge in [0, 0.05) is 0 Å². The molecule has 0 unspecified atom stereocenters. The van der Waals surface area contributed by atoms with Crippen molar-refractivity contribution in [1.29, 1.82) is 0 Å². The topological polar surface area (TPSA) is 339 Å². The number of hydrogen-bond donors (Lipinski definition) is 4. The molecule has 0 fully saturated rings. The first kappa shape index (κ1) is 60.2. The third kappa shape index (κ3) is 472. The Morgan fingerprint density at radius 1 is 0.471 bits per heavy atom. The summed E-state index contributed by atoms with van der Waals surface area (Å²) < 4.78 is 0. The van der Waals surface area contributed by atoms with Gasteiger partial charge in [-0.1, -0.05) is 0 Å². The monoisotopic (exact) mass is 313 g/mol. The molecule has 0 heterocycles. The molecule has 0 radical (unpaired) electrons. The zero-order valence-corrected chi connectivity index (χ0v) is 9.22. The Morgan fingerprint density at radius 3 is 0.471 bits per heavy atom. The maximum absolute atomic E-state index is 8.25. The Labute approximate surface area is 103 Å². The van der Waals surface area contributed by atoms with E-state index in [0.29, 0.717) is 0 Å². The molecule has 0 aromatic rings. The van der Waals surface area contributed by atoms with Crippen LogP contribution in [0.5, 0.6) is 0 Å². The van der Waals surface area contributed by atoms with Crippen molar-refractivity contribution >= 4 is 0 Å². The van der Waals surface area contributed by atoms with Crippen molar-refractivity contribution in [2.75, 3.05) is 0 Å². The van der Waals surface area contributed by atoms with Gasteiger partial charge in [-0.15, -0.1) is 0 Å². The third-order valence-electron chi connectivity index (χ3n) is 0. The van der Waals surface area contributed by atoms with E-state index in [-0.39, 0.29) is 41.4 Å². The van der Waals surface area contributed by atoms with Gasteiger partial charge in [0.15, 0.2) is 0 Å². The quantitative estimate of drug-likeness (QED) is 0.336. The fourth-order valence-electron chi connectivity index (χ4n) is 0. The molecule has 0 saturated heterocycles. The normalized spacial score (nSPS) is 4.24. The van der Waals surface area contributed by atoms with Crippen molar-refractivity contribution in [3.05, 3.63) is 46.0 Å². The smallest absolute Gasteiger partial charge is 0.356 e. The molecular formula is H12CoN7O9. The van der Waals surface area contributed by atoms with Gasteiger partial charge in [-0.05, 0) is 0 Å². The molecule has 0 aliphatic carbocycles. The molecule has 0 aromatic carbocycles. The second-order valence-corrected chi connectivity index (χ2v) is 0.671. The fourth-order valence-corrected chi connectivity index (χ4v) is 0. The molecule has 17 heavy (non-hydrogen) atoms. The number of rotatable bonds is 0. The van der Waals surface area contributed by atoms with Crippen LogP contribution in [0.2, 0.25) is 0 Å². The zero-order chi connectivity index (χ0) is 10.7. The predicted molar refractivity (Wildman–Crippen MR) is 51.2 cm³/mol. The van der Waals surface area contributed by atoms with Crippen molar-refractivity contribution in [2.24, 2.45) is 0 Å². The van der Waals surface area contributed by atoms with E-state index in [1.54, 1.807) is 0 Å². The Morgan fingerprint density at radius 2 is 0.471 bits per heavy atom. The molecule has 16 nitrogen and oxygen atoms in total. The van der Waals surface area contributed by atoms with Gasteiger partial charge in [0.1, 0.15) is 0 Å². The van der Waals surface area contributed by atoms with E-state index in [9.17, 15) is 0 Å². The third-order valence-corrected chi connectivity index (χ3v) is 0. The van der Waals surface area contributed by atoms with Crippen LogP contribution in [-0.2, 0) is 16.8 Å². The van der Waals surface area contributed by atoms with E-state index >= 15 is 0 Å². The van der Waals surface area contributed by atoms with Crippen molar-refractivity contribution < 1.29 is 32.0 Å². The molecule has 12 N–H and O–H groups in total. The molecule has 0 amide bonds. The van der Waals surface area contributed by atoms with E-state index in [1.165, 1.54) is 0 Å². The Hall–Kier alpha value is -2.05. The van der Waals surface area contributed by atoms with Crippen LogP contribution in [0.1, 0.15) is 0 Å². The van der Waals surface area contributed by atoms with E-state index in [0.717, 1.165) is 0 Å².